The van der Waals surface area contributed by atoms with Crippen molar-refractivity contribution in [2.24, 2.45) is 0 Å². The Bertz CT molecular complexity index is 453. The zero-order valence-electron chi connectivity index (χ0n) is 7.90. The van der Waals surface area contributed by atoms with E-state index in [4.69, 9.17) is 5.26 Å². The molecule has 0 saturated heterocycles. The minimum Gasteiger partial charge on any atom is -0.305 e. The first-order chi connectivity index (χ1) is 7.38. The van der Waals surface area contributed by atoms with Crippen LogP contribution in [0.25, 0.3) is 0 Å². The van der Waals surface area contributed by atoms with Crippen molar-refractivity contribution in [2.45, 2.75) is 13.1 Å². The predicted molar refractivity (Wildman–Crippen MR) is 56.0 cm³/mol. The molecular weight excluding hydrogens is 210 g/mol. The highest BCUT2D eigenvalue weighted by atomic mass is 32.1. The fraction of sp³-hybridized carbons (Fsp3) is 0.222. The van der Waals surface area contributed by atoms with Crippen LogP contribution in [0.2, 0.25) is 0 Å². The highest BCUT2D eigenvalue weighted by Crippen LogP contribution is 2.13. The van der Waals surface area contributed by atoms with Gasteiger partial charge in [0.2, 0.25) is 0 Å². The highest BCUT2D eigenvalue weighted by Gasteiger charge is 1.99. The second kappa shape index (κ2) is 4.68. The summed E-state index contributed by atoms with van der Waals surface area (Å²) in [5.74, 6) is 0.812. The Labute approximate surface area is 90.8 Å². The molecule has 15 heavy (non-hydrogen) atoms. The normalized spacial score (nSPS) is 10.1. The topological polar surface area (TPSA) is 77.4 Å². The number of aromatic nitrogens is 3. The van der Waals surface area contributed by atoms with E-state index < -0.39 is 0 Å². The third kappa shape index (κ3) is 2.62. The molecule has 2 heterocycles. The molecule has 0 spiro atoms. The van der Waals surface area contributed by atoms with Gasteiger partial charge < -0.3 is 5.32 Å². The maximum absolute atomic E-state index is 8.64. The Hall–Kier alpha value is -1.71. The van der Waals surface area contributed by atoms with Crippen molar-refractivity contribution < 1.29 is 0 Å². The van der Waals surface area contributed by atoms with Gasteiger partial charge in [0.1, 0.15) is 18.2 Å². The molecule has 2 N–H and O–H groups in total. The SMILES string of the molecule is N#Cc1csc(CNCc2ncn[nH]2)c1. The predicted octanol–water partition coefficient (Wildman–Crippen LogP) is 1.03. The lowest BCUT2D eigenvalue weighted by molar-refractivity contribution is 0.671. The molecule has 0 unspecified atom stereocenters. The maximum Gasteiger partial charge on any atom is 0.138 e. The largest absolute Gasteiger partial charge is 0.305 e. The number of hydrogen-bond donors (Lipinski definition) is 2. The summed E-state index contributed by atoms with van der Waals surface area (Å²) in [5, 5.41) is 20.2. The Morgan fingerprint density at radius 3 is 3.13 bits per heavy atom. The second-order valence-electron chi connectivity index (χ2n) is 2.95. The molecule has 0 amide bonds. The van der Waals surface area contributed by atoms with E-state index in [0.717, 1.165) is 22.8 Å². The van der Waals surface area contributed by atoms with E-state index in [1.54, 1.807) is 11.3 Å². The van der Waals surface area contributed by atoms with Gasteiger partial charge >= 0.3 is 0 Å². The number of H-pyrrole nitrogens is 1. The molecular formula is C9H9N5S. The van der Waals surface area contributed by atoms with Crippen LogP contribution >= 0.6 is 11.3 Å². The van der Waals surface area contributed by atoms with Gasteiger partial charge in [-0.1, -0.05) is 0 Å². The van der Waals surface area contributed by atoms with E-state index in [9.17, 15) is 0 Å². The maximum atomic E-state index is 8.64. The summed E-state index contributed by atoms with van der Waals surface area (Å²) in [5.41, 5.74) is 0.719. The molecule has 0 saturated carbocycles. The first kappa shape index (κ1) is 9.83. The lowest BCUT2D eigenvalue weighted by Crippen LogP contribution is -2.12. The van der Waals surface area contributed by atoms with E-state index in [-0.39, 0.29) is 0 Å². The molecule has 0 radical (unpaired) electrons. The molecule has 2 rings (SSSR count). The molecule has 6 heteroatoms. The van der Waals surface area contributed by atoms with Crippen LogP contribution in [0.5, 0.6) is 0 Å². The minimum atomic E-state index is 0.653. The van der Waals surface area contributed by atoms with Crippen molar-refractivity contribution in [3.8, 4) is 6.07 Å². The molecule has 2 aromatic heterocycles. The highest BCUT2D eigenvalue weighted by molar-refractivity contribution is 7.10. The van der Waals surface area contributed by atoms with Gasteiger partial charge in [-0.25, -0.2) is 4.98 Å². The smallest absolute Gasteiger partial charge is 0.138 e. The van der Waals surface area contributed by atoms with Crippen molar-refractivity contribution in [1.82, 2.24) is 20.5 Å². The lowest BCUT2D eigenvalue weighted by Gasteiger charge is -1.98. The molecule has 0 atom stereocenters. The van der Waals surface area contributed by atoms with E-state index in [2.05, 4.69) is 26.6 Å². The summed E-state index contributed by atoms with van der Waals surface area (Å²) in [7, 11) is 0. The lowest BCUT2D eigenvalue weighted by atomic mass is 10.3. The molecule has 0 bridgehead atoms. The van der Waals surface area contributed by atoms with Crippen molar-refractivity contribution >= 4 is 11.3 Å². The van der Waals surface area contributed by atoms with Crippen LogP contribution in [0.1, 0.15) is 16.3 Å². The van der Waals surface area contributed by atoms with Crippen LogP contribution in [-0.2, 0) is 13.1 Å². The summed E-state index contributed by atoms with van der Waals surface area (Å²) in [6.07, 6.45) is 1.48. The van der Waals surface area contributed by atoms with Gasteiger partial charge in [-0.3, -0.25) is 5.10 Å². The average molecular weight is 219 g/mol. The zero-order valence-corrected chi connectivity index (χ0v) is 8.71. The van der Waals surface area contributed by atoms with Crippen LogP contribution in [0.15, 0.2) is 17.8 Å². The summed E-state index contributed by atoms with van der Waals surface area (Å²) >= 11 is 1.58. The van der Waals surface area contributed by atoms with Crippen molar-refractivity contribution in [2.75, 3.05) is 0 Å². The van der Waals surface area contributed by atoms with Crippen molar-refractivity contribution in [3.63, 3.8) is 0 Å². The standard InChI is InChI=1S/C9H9N5S/c10-2-7-1-8(15-5-7)3-11-4-9-12-6-13-14-9/h1,5-6,11H,3-4H2,(H,12,13,14). The quantitative estimate of drug-likeness (QED) is 0.805. The second-order valence-corrected chi connectivity index (χ2v) is 3.94. The Balaban J connectivity index is 1.81. The summed E-state index contributed by atoms with van der Waals surface area (Å²) in [6, 6.07) is 3.99. The number of thiophene rings is 1. The van der Waals surface area contributed by atoms with E-state index >= 15 is 0 Å². The van der Waals surface area contributed by atoms with Crippen molar-refractivity contribution in [1.29, 1.82) is 5.26 Å². The molecule has 0 aliphatic rings. The summed E-state index contributed by atoms with van der Waals surface area (Å²) in [4.78, 5) is 5.14. The van der Waals surface area contributed by atoms with E-state index in [1.807, 2.05) is 11.4 Å². The van der Waals surface area contributed by atoms with E-state index in [1.165, 1.54) is 6.33 Å². The van der Waals surface area contributed by atoms with Gasteiger partial charge in [0.05, 0.1) is 12.1 Å². The number of nitrogens with zero attached hydrogens (tertiary/aromatic N) is 3. The molecule has 76 valence electrons. The van der Waals surface area contributed by atoms with Crippen molar-refractivity contribution in [3.05, 3.63) is 34.0 Å². The fourth-order valence-corrected chi connectivity index (χ4v) is 1.93. The molecule has 2 aromatic rings. The van der Waals surface area contributed by atoms with Crippen LogP contribution in [0.4, 0.5) is 0 Å². The zero-order chi connectivity index (χ0) is 10.5. The van der Waals surface area contributed by atoms with Crippen LogP contribution < -0.4 is 5.32 Å². The molecule has 5 nitrogen and oxygen atoms in total. The average Bonchev–Trinajstić information content (AvgIpc) is 2.88. The number of aromatic amines is 1. The minimum absolute atomic E-state index is 0.653. The summed E-state index contributed by atoms with van der Waals surface area (Å²) < 4.78 is 0. The van der Waals surface area contributed by atoms with Gasteiger partial charge in [0.25, 0.3) is 0 Å². The van der Waals surface area contributed by atoms with Gasteiger partial charge in [0, 0.05) is 16.8 Å². The number of hydrogen-bond acceptors (Lipinski definition) is 5. The number of nitriles is 1. The third-order valence-corrected chi connectivity index (χ3v) is 2.78. The number of rotatable bonds is 4. The first-order valence-corrected chi connectivity index (χ1v) is 5.29. The van der Waals surface area contributed by atoms with Gasteiger partial charge in [0.15, 0.2) is 0 Å². The molecule has 0 aliphatic heterocycles. The Morgan fingerprint density at radius 2 is 2.47 bits per heavy atom. The molecule has 0 aliphatic carbocycles. The van der Waals surface area contributed by atoms with E-state index in [0.29, 0.717) is 6.54 Å². The van der Waals surface area contributed by atoms with Crippen LogP contribution in [0.3, 0.4) is 0 Å². The van der Waals surface area contributed by atoms with Gasteiger partial charge in [-0.2, -0.15) is 10.4 Å². The van der Waals surface area contributed by atoms with Gasteiger partial charge in [-0.15, -0.1) is 11.3 Å². The third-order valence-electron chi connectivity index (χ3n) is 1.84. The summed E-state index contributed by atoms with van der Waals surface area (Å²) in [6.45, 7) is 1.40. The van der Waals surface area contributed by atoms with Crippen LogP contribution in [0, 0.1) is 11.3 Å². The first-order valence-electron chi connectivity index (χ1n) is 4.41. The molecule has 0 fully saturated rings. The Morgan fingerprint density at radius 1 is 1.53 bits per heavy atom. The molecule has 0 aromatic carbocycles. The van der Waals surface area contributed by atoms with Crippen LogP contribution in [-0.4, -0.2) is 15.2 Å². The van der Waals surface area contributed by atoms with Gasteiger partial charge in [-0.05, 0) is 6.07 Å². The Kier molecular flexibility index (Phi) is 3.07. The number of nitrogens with one attached hydrogen (secondary N) is 2. The monoisotopic (exact) mass is 219 g/mol. The fourth-order valence-electron chi connectivity index (χ4n) is 1.15.